The lowest BCUT2D eigenvalue weighted by Crippen LogP contribution is -2.33. The van der Waals surface area contributed by atoms with Gasteiger partial charge in [-0.15, -0.1) is 11.3 Å². The zero-order chi connectivity index (χ0) is 17.1. The van der Waals surface area contributed by atoms with Gasteiger partial charge in [-0.1, -0.05) is 12.1 Å². The van der Waals surface area contributed by atoms with Gasteiger partial charge in [0.05, 0.1) is 24.2 Å². The second-order valence-electron chi connectivity index (χ2n) is 6.04. The van der Waals surface area contributed by atoms with Crippen LogP contribution in [0.15, 0.2) is 30.3 Å². The summed E-state index contributed by atoms with van der Waals surface area (Å²) in [5.41, 5.74) is 1.73. The normalized spacial score (nSPS) is 16.3. The molecular weight excluding hydrogens is 329 g/mol. The van der Waals surface area contributed by atoms with Crippen LogP contribution in [0.1, 0.15) is 45.1 Å². The molecule has 0 saturated heterocycles. The van der Waals surface area contributed by atoms with Gasteiger partial charge in [-0.05, 0) is 42.7 Å². The third-order valence-electron chi connectivity index (χ3n) is 4.06. The fourth-order valence-corrected chi connectivity index (χ4v) is 3.82. The lowest BCUT2D eigenvalue weighted by atomic mass is 10.0. The molecule has 0 radical (unpaired) electrons. The molecule has 3 rings (SSSR count). The van der Waals surface area contributed by atoms with Gasteiger partial charge in [0.2, 0.25) is 0 Å². The molecule has 6 heteroatoms. The maximum absolute atomic E-state index is 12.9. The molecule has 0 spiro atoms. The molecule has 1 aromatic carbocycles. The van der Waals surface area contributed by atoms with E-state index in [1.165, 1.54) is 28.3 Å². The predicted molar refractivity (Wildman–Crippen MR) is 90.6 cm³/mol. The van der Waals surface area contributed by atoms with E-state index in [4.69, 9.17) is 4.74 Å². The number of amides is 1. The van der Waals surface area contributed by atoms with Crippen LogP contribution in [0.4, 0.5) is 4.39 Å². The van der Waals surface area contributed by atoms with Crippen molar-refractivity contribution in [3.05, 3.63) is 57.0 Å². The molecule has 1 amide bonds. The first kappa shape index (κ1) is 17.1. The zero-order valence-electron chi connectivity index (χ0n) is 13.4. The Kier molecular flexibility index (Phi) is 5.28. The first-order valence-corrected chi connectivity index (χ1v) is 8.78. The molecule has 24 heavy (non-hydrogen) atoms. The molecule has 2 heterocycles. The first-order chi connectivity index (χ1) is 11.5. The molecule has 1 aromatic heterocycles. The standard InChI is InChI=1S/C18H20FNO3S/c1-11(8-15(21)12-2-4-14(19)5-3-12)20-18(22)17-9-13-10-23-7-6-16(13)24-17/h2-5,9,11,15,21H,6-8,10H2,1H3,(H,20,22). The van der Waals surface area contributed by atoms with E-state index >= 15 is 0 Å². The zero-order valence-corrected chi connectivity index (χ0v) is 14.2. The molecule has 2 N–H and O–H groups in total. The number of nitrogens with one attached hydrogen (secondary N) is 1. The van der Waals surface area contributed by atoms with Gasteiger partial charge in [-0.2, -0.15) is 0 Å². The van der Waals surface area contributed by atoms with Crippen LogP contribution >= 0.6 is 11.3 Å². The highest BCUT2D eigenvalue weighted by Gasteiger charge is 2.20. The molecule has 0 saturated carbocycles. The minimum Gasteiger partial charge on any atom is -0.388 e. The molecule has 1 aliphatic rings. The average Bonchev–Trinajstić information content (AvgIpc) is 2.99. The Morgan fingerprint density at radius 2 is 2.17 bits per heavy atom. The lowest BCUT2D eigenvalue weighted by Gasteiger charge is -2.18. The summed E-state index contributed by atoms with van der Waals surface area (Å²) >= 11 is 1.51. The van der Waals surface area contributed by atoms with Gasteiger partial charge in [-0.3, -0.25) is 4.79 Å². The van der Waals surface area contributed by atoms with Crippen LogP contribution in [0.3, 0.4) is 0 Å². The topological polar surface area (TPSA) is 58.6 Å². The summed E-state index contributed by atoms with van der Waals surface area (Å²) in [6.45, 7) is 3.12. The molecule has 2 aromatic rings. The monoisotopic (exact) mass is 349 g/mol. The Morgan fingerprint density at radius 3 is 2.88 bits per heavy atom. The molecule has 0 aliphatic carbocycles. The number of thiophene rings is 1. The third-order valence-corrected chi connectivity index (χ3v) is 5.30. The van der Waals surface area contributed by atoms with Crippen molar-refractivity contribution in [2.45, 2.75) is 38.5 Å². The molecule has 1 aliphatic heterocycles. The van der Waals surface area contributed by atoms with Crippen LogP contribution in [0.2, 0.25) is 0 Å². The maximum atomic E-state index is 12.9. The number of aliphatic hydroxyl groups excluding tert-OH is 1. The third kappa shape index (κ3) is 4.01. The lowest BCUT2D eigenvalue weighted by molar-refractivity contribution is 0.0920. The van der Waals surface area contributed by atoms with Crippen LogP contribution in [0, 0.1) is 5.82 Å². The molecule has 4 nitrogen and oxygen atoms in total. The van der Waals surface area contributed by atoms with E-state index in [0.717, 1.165) is 12.0 Å². The van der Waals surface area contributed by atoms with Crippen LogP contribution in [-0.4, -0.2) is 23.7 Å². The summed E-state index contributed by atoms with van der Waals surface area (Å²) in [5.74, 6) is -0.467. The second kappa shape index (κ2) is 7.42. The predicted octanol–water partition coefficient (Wildman–Crippen LogP) is 3.20. The SMILES string of the molecule is CC(CC(O)c1ccc(F)cc1)NC(=O)c1cc2c(s1)CCOC2. The van der Waals surface area contributed by atoms with E-state index in [1.807, 2.05) is 13.0 Å². The van der Waals surface area contributed by atoms with Gasteiger partial charge in [0.15, 0.2) is 0 Å². The number of hydrogen-bond donors (Lipinski definition) is 2. The summed E-state index contributed by atoms with van der Waals surface area (Å²) in [6, 6.07) is 7.44. The van der Waals surface area contributed by atoms with Crippen molar-refractivity contribution in [1.29, 1.82) is 0 Å². The number of ether oxygens (including phenoxy) is 1. The van der Waals surface area contributed by atoms with E-state index in [2.05, 4.69) is 5.32 Å². The van der Waals surface area contributed by atoms with Crippen LogP contribution in [0.25, 0.3) is 0 Å². The van der Waals surface area contributed by atoms with Gasteiger partial charge < -0.3 is 15.2 Å². The largest absolute Gasteiger partial charge is 0.388 e. The number of halogens is 1. The second-order valence-corrected chi connectivity index (χ2v) is 7.18. The summed E-state index contributed by atoms with van der Waals surface area (Å²) in [5, 5.41) is 13.1. The van der Waals surface area contributed by atoms with Gasteiger partial charge in [0, 0.05) is 17.3 Å². The summed E-state index contributed by atoms with van der Waals surface area (Å²) in [4.78, 5) is 14.3. The Bertz CT molecular complexity index is 690. The molecule has 2 atom stereocenters. The first-order valence-electron chi connectivity index (χ1n) is 7.96. The molecule has 2 unspecified atom stereocenters. The number of carbonyl (C=O) groups excluding carboxylic acids is 1. The van der Waals surface area contributed by atoms with Crippen LogP contribution in [-0.2, 0) is 17.8 Å². The minimum atomic E-state index is -0.745. The summed E-state index contributed by atoms with van der Waals surface area (Å²) in [7, 11) is 0. The number of benzene rings is 1. The molecule has 128 valence electrons. The number of carbonyl (C=O) groups is 1. The highest BCUT2D eigenvalue weighted by atomic mass is 32.1. The van der Waals surface area contributed by atoms with Crippen molar-refractivity contribution in [3.63, 3.8) is 0 Å². The van der Waals surface area contributed by atoms with E-state index in [0.29, 0.717) is 30.1 Å². The molecule has 0 bridgehead atoms. The van der Waals surface area contributed by atoms with Crippen molar-refractivity contribution in [2.75, 3.05) is 6.61 Å². The van der Waals surface area contributed by atoms with E-state index in [-0.39, 0.29) is 17.8 Å². The van der Waals surface area contributed by atoms with Crippen molar-refractivity contribution in [3.8, 4) is 0 Å². The number of aliphatic hydroxyl groups is 1. The quantitative estimate of drug-likeness (QED) is 0.871. The van der Waals surface area contributed by atoms with Gasteiger partial charge in [0.25, 0.3) is 5.91 Å². The van der Waals surface area contributed by atoms with Crippen LogP contribution < -0.4 is 5.32 Å². The van der Waals surface area contributed by atoms with Gasteiger partial charge in [-0.25, -0.2) is 4.39 Å². The number of fused-ring (bicyclic) bond motifs is 1. The Hall–Kier alpha value is -1.76. The summed E-state index contributed by atoms with van der Waals surface area (Å²) in [6.07, 6.45) is 0.475. The summed E-state index contributed by atoms with van der Waals surface area (Å²) < 4.78 is 18.3. The number of rotatable bonds is 5. The maximum Gasteiger partial charge on any atom is 0.261 e. The van der Waals surface area contributed by atoms with Crippen LogP contribution in [0.5, 0.6) is 0 Å². The molecule has 0 fully saturated rings. The highest BCUT2D eigenvalue weighted by Crippen LogP contribution is 2.27. The molecular formula is C18H20FNO3S. The average molecular weight is 349 g/mol. The Morgan fingerprint density at radius 1 is 1.42 bits per heavy atom. The van der Waals surface area contributed by atoms with Crippen molar-refractivity contribution in [1.82, 2.24) is 5.32 Å². The van der Waals surface area contributed by atoms with Crippen molar-refractivity contribution < 1.29 is 19.0 Å². The Labute approximate surface area is 144 Å². The van der Waals surface area contributed by atoms with Gasteiger partial charge in [0.1, 0.15) is 5.82 Å². The smallest absolute Gasteiger partial charge is 0.261 e. The highest BCUT2D eigenvalue weighted by molar-refractivity contribution is 7.14. The Balaban J connectivity index is 1.57. The number of hydrogen-bond acceptors (Lipinski definition) is 4. The van der Waals surface area contributed by atoms with Crippen molar-refractivity contribution >= 4 is 17.2 Å². The van der Waals surface area contributed by atoms with E-state index < -0.39 is 6.10 Å². The van der Waals surface area contributed by atoms with E-state index in [9.17, 15) is 14.3 Å². The van der Waals surface area contributed by atoms with Gasteiger partial charge >= 0.3 is 0 Å². The minimum absolute atomic E-state index is 0.131. The van der Waals surface area contributed by atoms with Crippen molar-refractivity contribution in [2.24, 2.45) is 0 Å². The fraction of sp³-hybridized carbons (Fsp3) is 0.389. The fourth-order valence-electron chi connectivity index (χ4n) is 2.77. The van der Waals surface area contributed by atoms with E-state index in [1.54, 1.807) is 12.1 Å².